The first kappa shape index (κ1) is 13.5. The molecule has 0 amide bonds. The Morgan fingerprint density at radius 3 is 2.60 bits per heavy atom. The van der Waals surface area contributed by atoms with Gasteiger partial charge in [0, 0.05) is 22.8 Å². The van der Waals surface area contributed by atoms with E-state index >= 15 is 0 Å². The molecule has 3 rings (SSSR count). The highest BCUT2D eigenvalue weighted by molar-refractivity contribution is 7.11. The van der Waals surface area contributed by atoms with Crippen molar-refractivity contribution in [2.24, 2.45) is 0 Å². The van der Waals surface area contributed by atoms with Gasteiger partial charge in [-0.25, -0.2) is 0 Å². The van der Waals surface area contributed by atoms with E-state index in [0.717, 1.165) is 31.0 Å². The molecule has 0 spiro atoms. The van der Waals surface area contributed by atoms with E-state index in [4.69, 9.17) is 9.47 Å². The zero-order chi connectivity index (χ0) is 13.8. The van der Waals surface area contributed by atoms with Crippen LogP contribution in [0.25, 0.3) is 0 Å². The lowest BCUT2D eigenvalue weighted by atomic mass is 10.2. The van der Waals surface area contributed by atoms with Crippen molar-refractivity contribution in [3.05, 3.63) is 45.6 Å². The van der Waals surface area contributed by atoms with Gasteiger partial charge in [0.15, 0.2) is 11.5 Å². The van der Waals surface area contributed by atoms with Crippen LogP contribution in [0.2, 0.25) is 0 Å². The summed E-state index contributed by atoms with van der Waals surface area (Å²) in [5, 5.41) is 3.48. The third-order valence-electron chi connectivity index (χ3n) is 3.30. The van der Waals surface area contributed by atoms with Gasteiger partial charge in [0.05, 0.1) is 0 Å². The van der Waals surface area contributed by atoms with Gasteiger partial charge >= 0.3 is 0 Å². The SMILES string of the molecule is CCc1ccc(CNCc2ccc3c(c2)OCCO3)s1. The second kappa shape index (κ2) is 6.29. The van der Waals surface area contributed by atoms with E-state index in [9.17, 15) is 0 Å². The van der Waals surface area contributed by atoms with Crippen LogP contribution in [0.4, 0.5) is 0 Å². The summed E-state index contributed by atoms with van der Waals surface area (Å²) in [6.45, 7) is 5.23. The summed E-state index contributed by atoms with van der Waals surface area (Å²) < 4.78 is 11.1. The zero-order valence-electron chi connectivity index (χ0n) is 11.6. The van der Waals surface area contributed by atoms with Crippen LogP contribution in [0.3, 0.4) is 0 Å². The first-order chi connectivity index (χ1) is 9.85. The van der Waals surface area contributed by atoms with Crippen LogP contribution >= 0.6 is 11.3 Å². The molecule has 3 nitrogen and oxygen atoms in total. The maximum atomic E-state index is 5.60. The van der Waals surface area contributed by atoms with E-state index in [1.165, 1.54) is 15.3 Å². The van der Waals surface area contributed by atoms with Gasteiger partial charge in [0.1, 0.15) is 13.2 Å². The second-order valence-electron chi connectivity index (χ2n) is 4.80. The molecule has 2 heterocycles. The molecular weight excluding hydrogens is 270 g/mol. The maximum Gasteiger partial charge on any atom is 0.161 e. The number of fused-ring (bicyclic) bond motifs is 1. The molecule has 0 saturated heterocycles. The van der Waals surface area contributed by atoms with Crippen molar-refractivity contribution < 1.29 is 9.47 Å². The summed E-state index contributed by atoms with van der Waals surface area (Å²) >= 11 is 1.88. The summed E-state index contributed by atoms with van der Waals surface area (Å²) in [5.41, 5.74) is 1.22. The number of nitrogens with one attached hydrogen (secondary N) is 1. The highest BCUT2D eigenvalue weighted by atomic mass is 32.1. The molecule has 0 atom stereocenters. The molecule has 2 aromatic rings. The molecule has 1 aromatic carbocycles. The van der Waals surface area contributed by atoms with Crippen LogP contribution in [0.1, 0.15) is 22.2 Å². The maximum absolute atomic E-state index is 5.60. The fourth-order valence-corrected chi connectivity index (χ4v) is 3.16. The van der Waals surface area contributed by atoms with Crippen molar-refractivity contribution in [1.82, 2.24) is 5.32 Å². The van der Waals surface area contributed by atoms with Crippen molar-refractivity contribution in [2.75, 3.05) is 13.2 Å². The van der Waals surface area contributed by atoms with E-state index in [1.54, 1.807) is 0 Å². The van der Waals surface area contributed by atoms with Gasteiger partial charge in [-0.3, -0.25) is 0 Å². The summed E-state index contributed by atoms with van der Waals surface area (Å²) in [4.78, 5) is 2.83. The standard InChI is InChI=1S/C16H19NO2S/c1-2-13-4-5-14(20-13)11-17-10-12-3-6-15-16(9-12)19-8-7-18-15/h3-6,9,17H,2,7-8,10-11H2,1H3. The van der Waals surface area contributed by atoms with Crippen molar-refractivity contribution in [1.29, 1.82) is 0 Å². The molecule has 0 unspecified atom stereocenters. The van der Waals surface area contributed by atoms with Crippen molar-refractivity contribution in [3.8, 4) is 11.5 Å². The minimum Gasteiger partial charge on any atom is -0.486 e. The summed E-state index contributed by atoms with van der Waals surface area (Å²) in [6.07, 6.45) is 1.12. The predicted molar refractivity (Wildman–Crippen MR) is 81.7 cm³/mol. The smallest absolute Gasteiger partial charge is 0.161 e. The van der Waals surface area contributed by atoms with Gasteiger partial charge < -0.3 is 14.8 Å². The van der Waals surface area contributed by atoms with E-state index in [-0.39, 0.29) is 0 Å². The first-order valence-corrected chi connectivity index (χ1v) is 7.83. The molecule has 0 bridgehead atoms. The minimum absolute atomic E-state index is 0.638. The Morgan fingerprint density at radius 2 is 1.80 bits per heavy atom. The lowest BCUT2D eigenvalue weighted by Crippen LogP contribution is -2.16. The molecule has 1 aliphatic rings. The monoisotopic (exact) mass is 289 g/mol. The van der Waals surface area contributed by atoms with Gasteiger partial charge in [-0.05, 0) is 36.2 Å². The van der Waals surface area contributed by atoms with Gasteiger partial charge in [0.25, 0.3) is 0 Å². The van der Waals surface area contributed by atoms with Crippen molar-refractivity contribution in [2.45, 2.75) is 26.4 Å². The Hall–Kier alpha value is -1.52. The van der Waals surface area contributed by atoms with E-state index < -0.39 is 0 Å². The largest absolute Gasteiger partial charge is 0.486 e. The number of benzene rings is 1. The number of hydrogen-bond donors (Lipinski definition) is 1. The second-order valence-corrected chi connectivity index (χ2v) is 6.06. The lowest BCUT2D eigenvalue weighted by molar-refractivity contribution is 0.171. The number of aryl methyl sites for hydroxylation is 1. The Balaban J connectivity index is 1.55. The van der Waals surface area contributed by atoms with Gasteiger partial charge in [-0.2, -0.15) is 0 Å². The number of rotatable bonds is 5. The summed E-state index contributed by atoms with van der Waals surface area (Å²) in [5.74, 6) is 1.71. The number of ether oxygens (including phenoxy) is 2. The molecule has 0 saturated carbocycles. The highest BCUT2D eigenvalue weighted by Crippen LogP contribution is 2.30. The Bertz CT molecular complexity index is 580. The average molecular weight is 289 g/mol. The van der Waals surface area contributed by atoms with Gasteiger partial charge in [-0.1, -0.05) is 13.0 Å². The minimum atomic E-state index is 0.638. The fraction of sp³-hybridized carbons (Fsp3) is 0.375. The molecule has 0 radical (unpaired) electrons. The normalized spacial score (nSPS) is 13.4. The number of thiophene rings is 1. The molecule has 1 aliphatic heterocycles. The van der Waals surface area contributed by atoms with Crippen molar-refractivity contribution in [3.63, 3.8) is 0 Å². The fourth-order valence-electron chi connectivity index (χ4n) is 2.24. The molecule has 1 aromatic heterocycles. The average Bonchev–Trinajstić information content (AvgIpc) is 2.95. The van der Waals surface area contributed by atoms with E-state index in [2.05, 4.69) is 36.5 Å². The Morgan fingerprint density at radius 1 is 1.00 bits per heavy atom. The van der Waals surface area contributed by atoms with Crippen LogP contribution in [-0.4, -0.2) is 13.2 Å². The Kier molecular flexibility index (Phi) is 4.23. The van der Waals surface area contributed by atoms with Crippen LogP contribution in [0.5, 0.6) is 11.5 Å². The lowest BCUT2D eigenvalue weighted by Gasteiger charge is -2.18. The van der Waals surface area contributed by atoms with Crippen LogP contribution in [0.15, 0.2) is 30.3 Å². The molecule has 0 aliphatic carbocycles. The van der Waals surface area contributed by atoms with Gasteiger partial charge in [0.2, 0.25) is 0 Å². The van der Waals surface area contributed by atoms with E-state index in [1.807, 2.05) is 17.4 Å². The highest BCUT2D eigenvalue weighted by Gasteiger charge is 2.11. The predicted octanol–water partition coefficient (Wildman–Crippen LogP) is 3.37. The molecule has 1 N–H and O–H groups in total. The summed E-state index contributed by atoms with van der Waals surface area (Å²) in [7, 11) is 0. The Labute approximate surface area is 123 Å². The van der Waals surface area contributed by atoms with Crippen LogP contribution in [0, 0.1) is 0 Å². The quantitative estimate of drug-likeness (QED) is 0.915. The molecule has 106 valence electrons. The third-order valence-corrected chi connectivity index (χ3v) is 4.53. The van der Waals surface area contributed by atoms with Crippen LogP contribution in [-0.2, 0) is 19.5 Å². The van der Waals surface area contributed by atoms with Crippen LogP contribution < -0.4 is 14.8 Å². The third kappa shape index (κ3) is 3.14. The topological polar surface area (TPSA) is 30.5 Å². The van der Waals surface area contributed by atoms with Gasteiger partial charge in [-0.15, -0.1) is 11.3 Å². The van der Waals surface area contributed by atoms with E-state index in [0.29, 0.717) is 13.2 Å². The molecule has 4 heteroatoms. The number of hydrogen-bond acceptors (Lipinski definition) is 4. The molecular formula is C16H19NO2S. The van der Waals surface area contributed by atoms with Crippen molar-refractivity contribution >= 4 is 11.3 Å². The molecule has 0 fully saturated rings. The first-order valence-electron chi connectivity index (χ1n) is 7.02. The summed E-state index contributed by atoms with van der Waals surface area (Å²) in [6, 6.07) is 10.6. The molecule has 20 heavy (non-hydrogen) atoms. The zero-order valence-corrected chi connectivity index (χ0v) is 12.5.